The second kappa shape index (κ2) is 6.04. The zero-order chi connectivity index (χ0) is 14.9. The van der Waals surface area contributed by atoms with E-state index in [1.54, 1.807) is 24.3 Å². The van der Waals surface area contributed by atoms with Crippen LogP contribution in [0.2, 0.25) is 0 Å². The second-order valence-corrected chi connectivity index (χ2v) is 7.62. The van der Waals surface area contributed by atoms with Gasteiger partial charge in [-0.05, 0) is 50.4 Å². The minimum atomic E-state index is -3.56. The summed E-state index contributed by atoms with van der Waals surface area (Å²) in [6.07, 6.45) is 4.14. The van der Waals surface area contributed by atoms with Crippen LogP contribution in [0.25, 0.3) is 0 Å². The molecule has 5 nitrogen and oxygen atoms in total. The molecular weight excluding hydrogens is 288 g/mol. The van der Waals surface area contributed by atoms with Crippen molar-refractivity contribution in [2.45, 2.75) is 49.3 Å². The number of hydrogen-bond donors (Lipinski definition) is 2. The molecule has 21 heavy (non-hydrogen) atoms. The minimum absolute atomic E-state index is 0.00102. The van der Waals surface area contributed by atoms with Gasteiger partial charge in [0.2, 0.25) is 10.0 Å². The fourth-order valence-electron chi connectivity index (χ4n) is 3.51. The molecule has 2 saturated heterocycles. The first kappa shape index (κ1) is 15.0. The predicted molar refractivity (Wildman–Crippen MR) is 80.3 cm³/mol. The standard InChI is InChI=1S/C15H22N2O3S/c18-11-12-4-1-2-6-15(12)21(19,20)16-13-7-9-17-8-3-5-14(17)10-13/h1-2,4,6,13-14,16,18H,3,5,7-11H2. The van der Waals surface area contributed by atoms with E-state index in [2.05, 4.69) is 9.62 Å². The molecule has 2 fully saturated rings. The molecule has 2 aliphatic heterocycles. The van der Waals surface area contributed by atoms with Crippen molar-refractivity contribution in [3.8, 4) is 0 Å². The number of benzene rings is 1. The van der Waals surface area contributed by atoms with Gasteiger partial charge in [0.05, 0.1) is 11.5 Å². The first-order chi connectivity index (χ1) is 10.1. The zero-order valence-electron chi connectivity index (χ0n) is 12.0. The average Bonchev–Trinajstić information content (AvgIpc) is 2.94. The minimum Gasteiger partial charge on any atom is -0.392 e. The van der Waals surface area contributed by atoms with Gasteiger partial charge in [0.15, 0.2) is 0 Å². The third-order valence-electron chi connectivity index (χ3n) is 4.57. The van der Waals surface area contributed by atoms with Crippen molar-refractivity contribution in [2.75, 3.05) is 13.1 Å². The number of aliphatic hydroxyl groups is 1. The van der Waals surface area contributed by atoms with E-state index in [1.807, 2.05) is 0 Å². The monoisotopic (exact) mass is 310 g/mol. The molecule has 0 spiro atoms. The van der Waals surface area contributed by atoms with Crippen molar-refractivity contribution >= 4 is 10.0 Å². The smallest absolute Gasteiger partial charge is 0.241 e. The van der Waals surface area contributed by atoms with Gasteiger partial charge in [-0.15, -0.1) is 0 Å². The molecule has 3 rings (SSSR count). The molecule has 0 amide bonds. The van der Waals surface area contributed by atoms with Crippen molar-refractivity contribution in [2.24, 2.45) is 0 Å². The van der Waals surface area contributed by atoms with Crippen LogP contribution in [0.15, 0.2) is 29.2 Å². The third kappa shape index (κ3) is 3.13. The van der Waals surface area contributed by atoms with Crippen LogP contribution in [0.5, 0.6) is 0 Å². The van der Waals surface area contributed by atoms with E-state index in [4.69, 9.17) is 0 Å². The summed E-state index contributed by atoms with van der Waals surface area (Å²) in [7, 11) is -3.56. The van der Waals surface area contributed by atoms with E-state index < -0.39 is 10.0 Å². The van der Waals surface area contributed by atoms with Crippen LogP contribution in [0.4, 0.5) is 0 Å². The normalized spacial score (nSPS) is 26.7. The molecule has 2 atom stereocenters. The lowest BCUT2D eigenvalue weighted by molar-refractivity contribution is 0.176. The maximum absolute atomic E-state index is 12.5. The Kier molecular flexibility index (Phi) is 4.31. The maximum Gasteiger partial charge on any atom is 0.241 e. The van der Waals surface area contributed by atoms with Crippen LogP contribution < -0.4 is 4.72 Å². The molecule has 1 aromatic carbocycles. The van der Waals surface area contributed by atoms with Crippen LogP contribution in [-0.2, 0) is 16.6 Å². The summed E-state index contributed by atoms with van der Waals surface area (Å²) in [5.41, 5.74) is 0.448. The number of aliphatic hydroxyl groups excluding tert-OH is 1. The Balaban J connectivity index is 1.74. The second-order valence-electron chi connectivity index (χ2n) is 5.94. The largest absolute Gasteiger partial charge is 0.392 e. The number of rotatable bonds is 4. The zero-order valence-corrected chi connectivity index (χ0v) is 12.8. The van der Waals surface area contributed by atoms with Gasteiger partial charge in [-0.25, -0.2) is 13.1 Å². The molecular formula is C15H22N2O3S. The highest BCUT2D eigenvalue weighted by molar-refractivity contribution is 7.89. The number of fused-ring (bicyclic) bond motifs is 1. The van der Waals surface area contributed by atoms with E-state index in [0.717, 1.165) is 25.9 Å². The highest BCUT2D eigenvalue weighted by Crippen LogP contribution is 2.28. The number of sulfonamides is 1. The van der Waals surface area contributed by atoms with Crippen molar-refractivity contribution < 1.29 is 13.5 Å². The Bertz CT molecular complexity index is 603. The fourth-order valence-corrected chi connectivity index (χ4v) is 5.03. The quantitative estimate of drug-likeness (QED) is 0.873. The SMILES string of the molecule is O=S(=O)(NC1CCN2CCCC2C1)c1ccccc1CO. The van der Waals surface area contributed by atoms with E-state index in [-0.39, 0.29) is 17.5 Å². The summed E-state index contributed by atoms with van der Waals surface area (Å²) < 4.78 is 27.9. The lowest BCUT2D eigenvalue weighted by Crippen LogP contribution is -2.47. The molecule has 6 heteroatoms. The van der Waals surface area contributed by atoms with Gasteiger partial charge in [0.1, 0.15) is 0 Å². The Morgan fingerprint density at radius 3 is 2.86 bits per heavy atom. The maximum atomic E-state index is 12.5. The molecule has 0 aliphatic carbocycles. The summed E-state index contributed by atoms with van der Waals surface area (Å²) in [6, 6.07) is 7.15. The Morgan fingerprint density at radius 1 is 1.24 bits per heavy atom. The van der Waals surface area contributed by atoms with Gasteiger partial charge in [-0.1, -0.05) is 18.2 Å². The van der Waals surface area contributed by atoms with E-state index in [9.17, 15) is 13.5 Å². The van der Waals surface area contributed by atoms with Gasteiger partial charge < -0.3 is 10.0 Å². The van der Waals surface area contributed by atoms with Crippen molar-refractivity contribution in [1.82, 2.24) is 9.62 Å². The molecule has 2 unspecified atom stereocenters. The summed E-state index contributed by atoms with van der Waals surface area (Å²) in [5.74, 6) is 0. The van der Waals surface area contributed by atoms with E-state index in [0.29, 0.717) is 11.6 Å². The molecule has 0 saturated carbocycles. The predicted octanol–water partition coefficient (Wildman–Crippen LogP) is 1.08. The Labute approximate surface area is 126 Å². The molecule has 0 bridgehead atoms. The van der Waals surface area contributed by atoms with Crippen LogP contribution >= 0.6 is 0 Å². The molecule has 116 valence electrons. The summed E-state index contributed by atoms with van der Waals surface area (Å²) in [6.45, 7) is 1.86. The summed E-state index contributed by atoms with van der Waals surface area (Å²) in [5, 5.41) is 9.31. The number of nitrogens with zero attached hydrogens (tertiary/aromatic N) is 1. The van der Waals surface area contributed by atoms with Crippen LogP contribution in [-0.4, -0.2) is 43.6 Å². The first-order valence-corrected chi connectivity index (χ1v) is 9.03. The highest BCUT2D eigenvalue weighted by Gasteiger charge is 2.33. The van der Waals surface area contributed by atoms with Crippen LogP contribution in [0.1, 0.15) is 31.2 Å². The summed E-state index contributed by atoms with van der Waals surface area (Å²) in [4.78, 5) is 2.66. The van der Waals surface area contributed by atoms with Crippen LogP contribution in [0.3, 0.4) is 0 Å². The first-order valence-electron chi connectivity index (χ1n) is 7.55. The highest BCUT2D eigenvalue weighted by atomic mass is 32.2. The van der Waals surface area contributed by atoms with Gasteiger partial charge >= 0.3 is 0 Å². The van der Waals surface area contributed by atoms with Gasteiger partial charge in [-0.2, -0.15) is 0 Å². The van der Waals surface area contributed by atoms with Crippen molar-refractivity contribution in [3.63, 3.8) is 0 Å². The Hall–Kier alpha value is -0.950. The van der Waals surface area contributed by atoms with Gasteiger partial charge in [0.25, 0.3) is 0 Å². The fraction of sp³-hybridized carbons (Fsp3) is 0.600. The van der Waals surface area contributed by atoms with Crippen molar-refractivity contribution in [3.05, 3.63) is 29.8 Å². The van der Waals surface area contributed by atoms with Gasteiger partial charge in [0, 0.05) is 12.1 Å². The number of hydrogen-bond acceptors (Lipinski definition) is 4. The van der Waals surface area contributed by atoms with Crippen LogP contribution in [0, 0.1) is 0 Å². The molecule has 0 radical (unpaired) electrons. The van der Waals surface area contributed by atoms with E-state index >= 15 is 0 Å². The third-order valence-corrected chi connectivity index (χ3v) is 6.20. The Morgan fingerprint density at radius 2 is 2.05 bits per heavy atom. The lowest BCUT2D eigenvalue weighted by atomic mass is 9.99. The molecule has 1 aromatic rings. The summed E-state index contributed by atoms with van der Waals surface area (Å²) >= 11 is 0. The molecule has 2 heterocycles. The lowest BCUT2D eigenvalue weighted by Gasteiger charge is -2.35. The molecule has 0 aromatic heterocycles. The molecule has 2 aliphatic rings. The average molecular weight is 310 g/mol. The van der Waals surface area contributed by atoms with E-state index in [1.165, 1.54) is 12.8 Å². The van der Waals surface area contributed by atoms with Crippen molar-refractivity contribution in [1.29, 1.82) is 0 Å². The van der Waals surface area contributed by atoms with Gasteiger partial charge in [-0.3, -0.25) is 0 Å². The number of nitrogens with one attached hydrogen (secondary N) is 1. The molecule has 2 N–H and O–H groups in total. The topological polar surface area (TPSA) is 69.6 Å². The number of piperidine rings is 1.